The Morgan fingerprint density at radius 2 is 1.90 bits per heavy atom. The number of hydrogen-bond donors (Lipinski definition) is 1. The third kappa shape index (κ3) is 4.09. The topological polar surface area (TPSA) is 135 Å². The number of nitro benzene ring substituents is 2. The fourth-order valence-corrected chi connectivity index (χ4v) is 4.43. The zero-order valence-electron chi connectivity index (χ0n) is 16.5. The second kappa shape index (κ2) is 8.31. The maximum Gasteiger partial charge on any atom is 0.280 e. The molecule has 0 atom stereocenters. The van der Waals surface area contributed by atoms with E-state index in [2.05, 4.69) is 4.98 Å². The molecule has 1 aromatic carbocycles. The second-order valence-electron chi connectivity index (χ2n) is 8.00. The van der Waals surface area contributed by atoms with Crippen LogP contribution in [0, 0.1) is 20.2 Å². The van der Waals surface area contributed by atoms with E-state index < -0.39 is 9.85 Å². The van der Waals surface area contributed by atoms with Crippen molar-refractivity contribution in [3.05, 3.63) is 71.4 Å². The van der Waals surface area contributed by atoms with Crippen molar-refractivity contribution < 1.29 is 9.85 Å². The SMILES string of the molecule is O=c1[nH]c(C2CCCCC2)nc2c1CCN(Cc1ccc([N+](=O)[O-])cc1[N+](=O)[O-])C2. The summed E-state index contributed by atoms with van der Waals surface area (Å²) in [4.78, 5) is 43.4. The third-order valence-corrected chi connectivity index (χ3v) is 6.03. The van der Waals surface area contributed by atoms with E-state index in [0.29, 0.717) is 30.6 Å². The molecule has 1 N–H and O–H groups in total. The normalized spacial score (nSPS) is 17.5. The van der Waals surface area contributed by atoms with Crippen molar-refractivity contribution >= 4 is 11.4 Å². The quantitative estimate of drug-likeness (QED) is 0.587. The number of H-pyrrole nitrogens is 1. The summed E-state index contributed by atoms with van der Waals surface area (Å²) in [6.45, 7) is 1.25. The first-order chi connectivity index (χ1) is 14.4. The number of aromatic nitrogens is 2. The van der Waals surface area contributed by atoms with Crippen LogP contribution in [0.15, 0.2) is 23.0 Å². The van der Waals surface area contributed by atoms with E-state index in [1.807, 2.05) is 4.90 Å². The first-order valence-corrected chi connectivity index (χ1v) is 10.2. The largest absolute Gasteiger partial charge is 0.310 e. The number of nitrogens with zero attached hydrogens (tertiary/aromatic N) is 4. The molecule has 158 valence electrons. The van der Waals surface area contributed by atoms with E-state index in [1.165, 1.54) is 18.6 Å². The zero-order valence-corrected chi connectivity index (χ0v) is 16.5. The van der Waals surface area contributed by atoms with Gasteiger partial charge >= 0.3 is 0 Å². The van der Waals surface area contributed by atoms with Crippen LogP contribution in [0.5, 0.6) is 0 Å². The fourth-order valence-electron chi connectivity index (χ4n) is 4.43. The highest BCUT2D eigenvalue weighted by atomic mass is 16.6. The van der Waals surface area contributed by atoms with Crippen molar-refractivity contribution in [2.45, 2.75) is 57.5 Å². The Labute approximate surface area is 172 Å². The number of nitrogens with one attached hydrogen (secondary N) is 1. The summed E-state index contributed by atoms with van der Waals surface area (Å²) in [7, 11) is 0. The lowest BCUT2D eigenvalue weighted by molar-refractivity contribution is -0.394. The Kier molecular flexibility index (Phi) is 5.58. The molecule has 0 radical (unpaired) electrons. The molecule has 2 heterocycles. The third-order valence-electron chi connectivity index (χ3n) is 6.03. The lowest BCUT2D eigenvalue weighted by Crippen LogP contribution is -2.36. The van der Waals surface area contributed by atoms with Gasteiger partial charge in [0.25, 0.3) is 16.9 Å². The zero-order chi connectivity index (χ0) is 21.3. The van der Waals surface area contributed by atoms with Gasteiger partial charge in [0.2, 0.25) is 0 Å². The fraction of sp³-hybridized carbons (Fsp3) is 0.500. The van der Waals surface area contributed by atoms with Gasteiger partial charge in [-0.1, -0.05) is 19.3 Å². The average Bonchev–Trinajstić information content (AvgIpc) is 2.74. The van der Waals surface area contributed by atoms with Crippen LogP contribution in [-0.2, 0) is 19.5 Å². The van der Waals surface area contributed by atoms with Gasteiger partial charge in [0, 0.05) is 42.7 Å². The molecular weight excluding hydrogens is 390 g/mol. The van der Waals surface area contributed by atoms with Crippen LogP contribution < -0.4 is 5.56 Å². The van der Waals surface area contributed by atoms with E-state index in [0.717, 1.165) is 43.3 Å². The standard InChI is InChI=1S/C20H23N5O5/c26-20-16-8-9-23(11-14-6-7-15(24(27)28)10-18(14)25(29)30)12-17(16)21-19(22-20)13-4-2-1-3-5-13/h6-7,10,13H,1-5,8-9,11-12H2,(H,21,22,26). The van der Waals surface area contributed by atoms with Crippen LogP contribution in [0.25, 0.3) is 0 Å². The predicted molar refractivity (Wildman–Crippen MR) is 108 cm³/mol. The van der Waals surface area contributed by atoms with E-state index in [1.54, 1.807) is 0 Å². The Hall–Kier alpha value is -3.14. The molecular formula is C20H23N5O5. The molecule has 0 unspecified atom stereocenters. The number of fused-ring (bicyclic) bond motifs is 1. The summed E-state index contributed by atoms with van der Waals surface area (Å²) in [5.41, 5.74) is 1.17. The summed E-state index contributed by atoms with van der Waals surface area (Å²) in [6, 6.07) is 3.71. The first kappa shape index (κ1) is 20.1. The maximum atomic E-state index is 12.6. The van der Waals surface area contributed by atoms with Crippen molar-refractivity contribution in [3.63, 3.8) is 0 Å². The van der Waals surface area contributed by atoms with Crippen LogP contribution in [-0.4, -0.2) is 31.3 Å². The smallest absolute Gasteiger partial charge is 0.280 e. The van der Waals surface area contributed by atoms with Gasteiger partial charge in [0.05, 0.1) is 21.6 Å². The number of benzene rings is 1. The Balaban J connectivity index is 1.57. The predicted octanol–water partition coefficient (Wildman–Crippen LogP) is 3.19. The summed E-state index contributed by atoms with van der Waals surface area (Å²) in [5.74, 6) is 1.03. The van der Waals surface area contributed by atoms with Crippen molar-refractivity contribution in [3.8, 4) is 0 Å². The highest BCUT2D eigenvalue weighted by molar-refractivity contribution is 5.49. The summed E-state index contributed by atoms with van der Waals surface area (Å²) >= 11 is 0. The monoisotopic (exact) mass is 413 g/mol. The lowest BCUT2D eigenvalue weighted by atomic mass is 9.88. The van der Waals surface area contributed by atoms with Gasteiger partial charge in [-0.05, 0) is 25.3 Å². The van der Waals surface area contributed by atoms with E-state index in [4.69, 9.17) is 4.98 Å². The minimum Gasteiger partial charge on any atom is -0.310 e. The Morgan fingerprint density at radius 3 is 2.60 bits per heavy atom. The number of nitro groups is 2. The molecule has 0 saturated heterocycles. The molecule has 0 bridgehead atoms. The van der Waals surface area contributed by atoms with Gasteiger partial charge in [-0.2, -0.15) is 0 Å². The minimum absolute atomic E-state index is 0.0819. The van der Waals surface area contributed by atoms with Gasteiger partial charge in [-0.3, -0.25) is 29.9 Å². The van der Waals surface area contributed by atoms with Crippen molar-refractivity contribution in [1.29, 1.82) is 0 Å². The maximum absolute atomic E-state index is 12.6. The molecule has 1 aliphatic heterocycles. The Morgan fingerprint density at radius 1 is 1.13 bits per heavy atom. The van der Waals surface area contributed by atoms with Crippen LogP contribution in [0.1, 0.15) is 60.7 Å². The molecule has 1 fully saturated rings. The molecule has 10 heteroatoms. The highest BCUT2D eigenvalue weighted by Crippen LogP contribution is 2.31. The molecule has 2 aromatic rings. The van der Waals surface area contributed by atoms with Gasteiger partial charge in [-0.15, -0.1) is 0 Å². The summed E-state index contributed by atoms with van der Waals surface area (Å²) < 4.78 is 0. The van der Waals surface area contributed by atoms with Gasteiger partial charge < -0.3 is 4.98 Å². The van der Waals surface area contributed by atoms with Crippen molar-refractivity contribution in [2.24, 2.45) is 0 Å². The van der Waals surface area contributed by atoms with Gasteiger partial charge in [-0.25, -0.2) is 4.98 Å². The van der Waals surface area contributed by atoms with Gasteiger partial charge in [0.15, 0.2) is 0 Å². The van der Waals surface area contributed by atoms with Crippen molar-refractivity contribution in [2.75, 3.05) is 6.54 Å². The molecule has 1 aromatic heterocycles. The number of rotatable bonds is 5. The number of aromatic amines is 1. The molecule has 1 saturated carbocycles. The first-order valence-electron chi connectivity index (χ1n) is 10.2. The van der Waals surface area contributed by atoms with Crippen LogP contribution >= 0.6 is 0 Å². The summed E-state index contributed by atoms with van der Waals surface area (Å²) in [5, 5.41) is 22.3. The van der Waals surface area contributed by atoms with E-state index in [9.17, 15) is 25.0 Å². The number of non-ortho nitro benzene ring substituents is 1. The molecule has 1 aliphatic carbocycles. The lowest BCUT2D eigenvalue weighted by Gasteiger charge is -2.28. The Bertz CT molecular complexity index is 1040. The molecule has 0 spiro atoms. The average molecular weight is 413 g/mol. The van der Waals surface area contributed by atoms with Gasteiger partial charge in [0.1, 0.15) is 5.82 Å². The highest BCUT2D eigenvalue weighted by Gasteiger charge is 2.27. The van der Waals surface area contributed by atoms with Crippen LogP contribution in [0.4, 0.5) is 11.4 Å². The molecule has 0 amide bonds. The molecule has 2 aliphatic rings. The second-order valence-corrected chi connectivity index (χ2v) is 8.00. The summed E-state index contributed by atoms with van der Waals surface area (Å²) in [6.07, 6.45) is 6.07. The molecule has 10 nitrogen and oxygen atoms in total. The molecule has 4 rings (SSSR count). The van der Waals surface area contributed by atoms with E-state index in [-0.39, 0.29) is 29.4 Å². The minimum atomic E-state index is -0.642. The number of hydrogen-bond acceptors (Lipinski definition) is 7. The van der Waals surface area contributed by atoms with Crippen LogP contribution in [0.3, 0.4) is 0 Å². The van der Waals surface area contributed by atoms with Crippen molar-refractivity contribution in [1.82, 2.24) is 14.9 Å². The van der Waals surface area contributed by atoms with Crippen LogP contribution in [0.2, 0.25) is 0 Å². The molecule has 30 heavy (non-hydrogen) atoms. The van der Waals surface area contributed by atoms with E-state index >= 15 is 0 Å².